The molecule has 110 valence electrons. The number of nitrogens with zero attached hydrogens (tertiary/aromatic N) is 5. The third-order valence-electron chi connectivity index (χ3n) is 3.39. The van der Waals surface area contributed by atoms with E-state index in [0.717, 1.165) is 26.4 Å². The van der Waals surface area contributed by atoms with Crippen molar-refractivity contribution in [3.8, 4) is 17.2 Å². The van der Waals surface area contributed by atoms with Crippen LogP contribution >= 0.6 is 11.8 Å². The zero-order valence-electron chi connectivity index (χ0n) is 11.8. The van der Waals surface area contributed by atoms with Crippen molar-refractivity contribution in [2.24, 2.45) is 0 Å². The Labute approximate surface area is 135 Å². The van der Waals surface area contributed by atoms with Crippen LogP contribution in [0.2, 0.25) is 0 Å². The van der Waals surface area contributed by atoms with E-state index in [1.165, 1.54) is 0 Å². The second-order valence-electron chi connectivity index (χ2n) is 4.83. The Kier molecular flexibility index (Phi) is 3.29. The Hall–Kier alpha value is -3.11. The number of pyridine rings is 2. The Balaban J connectivity index is 1.92. The van der Waals surface area contributed by atoms with Gasteiger partial charge in [-0.1, -0.05) is 11.8 Å². The summed E-state index contributed by atoms with van der Waals surface area (Å²) in [6, 6.07) is 8.12. The van der Waals surface area contributed by atoms with Gasteiger partial charge in [0.2, 0.25) is 0 Å². The summed E-state index contributed by atoms with van der Waals surface area (Å²) in [5.41, 5.74) is 3.29. The minimum absolute atomic E-state index is 0.551. The SMILES string of the molecule is N#Cc1cnn2cc(-c3cn[nH]c3)cc(Sc3cccnc3)c12. The summed E-state index contributed by atoms with van der Waals surface area (Å²) in [6.07, 6.45) is 10.6. The lowest BCUT2D eigenvalue weighted by molar-refractivity contribution is 0.951. The van der Waals surface area contributed by atoms with Crippen molar-refractivity contribution in [3.63, 3.8) is 0 Å². The molecule has 0 bridgehead atoms. The number of hydrogen-bond donors (Lipinski definition) is 1. The maximum atomic E-state index is 9.33. The van der Waals surface area contributed by atoms with Gasteiger partial charge in [-0.05, 0) is 18.2 Å². The minimum atomic E-state index is 0.551. The summed E-state index contributed by atoms with van der Waals surface area (Å²) >= 11 is 1.56. The van der Waals surface area contributed by atoms with Crippen molar-refractivity contribution >= 4 is 17.3 Å². The number of nitriles is 1. The van der Waals surface area contributed by atoms with Gasteiger partial charge in [-0.25, -0.2) is 4.52 Å². The van der Waals surface area contributed by atoms with E-state index in [4.69, 9.17) is 0 Å². The van der Waals surface area contributed by atoms with Crippen LogP contribution in [0.4, 0.5) is 0 Å². The first-order valence-corrected chi connectivity index (χ1v) is 7.65. The summed E-state index contributed by atoms with van der Waals surface area (Å²) in [4.78, 5) is 6.09. The van der Waals surface area contributed by atoms with Crippen LogP contribution in [0.25, 0.3) is 16.6 Å². The van der Waals surface area contributed by atoms with E-state index in [9.17, 15) is 5.26 Å². The first kappa shape index (κ1) is 13.5. The second-order valence-corrected chi connectivity index (χ2v) is 5.95. The van der Waals surface area contributed by atoms with Gasteiger partial charge in [0, 0.05) is 45.7 Å². The number of hydrogen-bond acceptors (Lipinski definition) is 5. The van der Waals surface area contributed by atoms with E-state index in [1.807, 2.05) is 30.6 Å². The predicted molar refractivity (Wildman–Crippen MR) is 85.8 cm³/mol. The Morgan fingerprint density at radius 3 is 2.91 bits per heavy atom. The summed E-state index contributed by atoms with van der Waals surface area (Å²) in [7, 11) is 0. The second kappa shape index (κ2) is 5.59. The topological polar surface area (TPSA) is 82.7 Å². The van der Waals surface area contributed by atoms with Crippen LogP contribution in [-0.2, 0) is 0 Å². The molecule has 0 saturated carbocycles. The summed E-state index contributed by atoms with van der Waals surface area (Å²) in [6.45, 7) is 0. The monoisotopic (exact) mass is 318 g/mol. The van der Waals surface area contributed by atoms with Crippen molar-refractivity contribution in [3.05, 3.63) is 60.9 Å². The maximum Gasteiger partial charge on any atom is 0.103 e. The number of rotatable bonds is 3. The summed E-state index contributed by atoms with van der Waals surface area (Å²) < 4.78 is 1.74. The predicted octanol–water partition coefficient (Wildman–Crippen LogP) is 3.14. The van der Waals surface area contributed by atoms with Crippen molar-refractivity contribution in [2.75, 3.05) is 0 Å². The van der Waals surface area contributed by atoms with Gasteiger partial charge in [0.15, 0.2) is 0 Å². The molecule has 7 heteroatoms. The quantitative estimate of drug-likeness (QED) is 0.627. The van der Waals surface area contributed by atoms with Gasteiger partial charge in [-0.15, -0.1) is 0 Å². The molecule has 1 N–H and O–H groups in total. The zero-order valence-corrected chi connectivity index (χ0v) is 12.7. The number of aromatic amines is 1. The number of aromatic nitrogens is 5. The highest BCUT2D eigenvalue weighted by Crippen LogP contribution is 2.35. The van der Waals surface area contributed by atoms with Crippen molar-refractivity contribution in [2.45, 2.75) is 9.79 Å². The molecule has 0 aliphatic carbocycles. The molecule has 0 saturated heterocycles. The molecule has 0 amide bonds. The van der Waals surface area contributed by atoms with Crippen LogP contribution in [0.1, 0.15) is 5.56 Å². The highest BCUT2D eigenvalue weighted by molar-refractivity contribution is 7.99. The highest BCUT2D eigenvalue weighted by Gasteiger charge is 2.13. The molecule has 0 aliphatic rings. The van der Waals surface area contributed by atoms with Gasteiger partial charge in [0.25, 0.3) is 0 Å². The standard InChI is InChI=1S/C16H10N6S/c17-5-12-8-21-22-10-11(13-6-19-20-7-13)4-15(16(12)22)23-14-2-1-3-18-9-14/h1-4,6-10H,(H,19,20). The zero-order chi connectivity index (χ0) is 15.6. The van der Waals surface area contributed by atoms with Crippen molar-refractivity contribution in [1.82, 2.24) is 24.8 Å². The molecule has 0 aliphatic heterocycles. The van der Waals surface area contributed by atoms with Crippen LogP contribution in [0.15, 0.2) is 65.2 Å². The lowest BCUT2D eigenvalue weighted by Gasteiger charge is -2.07. The summed E-state index contributed by atoms with van der Waals surface area (Å²) in [5, 5.41) is 20.4. The third kappa shape index (κ3) is 2.45. The van der Waals surface area contributed by atoms with Crippen LogP contribution in [0, 0.1) is 11.3 Å². The lowest BCUT2D eigenvalue weighted by Crippen LogP contribution is -1.92. The van der Waals surface area contributed by atoms with Crippen LogP contribution in [0.5, 0.6) is 0 Å². The fourth-order valence-electron chi connectivity index (χ4n) is 2.35. The van der Waals surface area contributed by atoms with E-state index in [2.05, 4.69) is 26.3 Å². The van der Waals surface area contributed by atoms with E-state index >= 15 is 0 Å². The van der Waals surface area contributed by atoms with E-state index in [0.29, 0.717) is 5.56 Å². The summed E-state index contributed by atoms with van der Waals surface area (Å²) in [5.74, 6) is 0. The van der Waals surface area contributed by atoms with Crippen LogP contribution in [-0.4, -0.2) is 24.8 Å². The van der Waals surface area contributed by atoms with Crippen LogP contribution in [0.3, 0.4) is 0 Å². The fourth-order valence-corrected chi connectivity index (χ4v) is 3.35. The first-order valence-electron chi connectivity index (χ1n) is 6.83. The van der Waals surface area contributed by atoms with Gasteiger partial charge in [0.05, 0.1) is 23.5 Å². The molecule has 4 rings (SSSR count). The number of nitrogens with one attached hydrogen (secondary N) is 1. The van der Waals surface area contributed by atoms with Gasteiger partial charge < -0.3 is 0 Å². The molecule has 0 radical (unpaired) electrons. The molecule has 4 aromatic rings. The molecule has 0 atom stereocenters. The maximum absolute atomic E-state index is 9.33. The number of H-pyrrole nitrogens is 1. The molecule has 0 unspecified atom stereocenters. The Bertz CT molecular complexity index is 998. The molecule has 23 heavy (non-hydrogen) atoms. The first-order chi connectivity index (χ1) is 11.3. The smallest absolute Gasteiger partial charge is 0.103 e. The Morgan fingerprint density at radius 2 is 2.17 bits per heavy atom. The lowest BCUT2D eigenvalue weighted by atomic mass is 10.1. The molecular formula is C16H10N6S. The molecule has 0 spiro atoms. The van der Waals surface area contributed by atoms with Gasteiger partial charge in [-0.2, -0.15) is 15.5 Å². The normalized spacial score (nSPS) is 10.7. The number of fused-ring (bicyclic) bond motifs is 1. The van der Waals surface area contributed by atoms with E-state index < -0.39 is 0 Å². The van der Waals surface area contributed by atoms with Gasteiger partial charge in [-0.3, -0.25) is 10.1 Å². The van der Waals surface area contributed by atoms with Crippen molar-refractivity contribution in [1.29, 1.82) is 5.26 Å². The largest absolute Gasteiger partial charge is 0.285 e. The average molecular weight is 318 g/mol. The molecule has 4 heterocycles. The van der Waals surface area contributed by atoms with Gasteiger partial charge >= 0.3 is 0 Å². The minimum Gasteiger partial charge on any atom is -0.285 e. The fraction of sp³-hybridized carbons (Fsp3) is 0. The van der Waals surface area contributed by atoms with E-state index in [-0.39, 0.29) is 0 Å². The average Bonchev–Trinajstić information content (AvgIpc) is 3.25. The van der Waals surface area contributed by atoms with Gasteiger partial charge in [0.1, 0.15) is 6.07 Å². The molecule has 0 aromatic carbocycles. The third-order valence-corrected chi connectivity index (χ3v) is 4.40. The molecule has 0 fully saturated rings. The van der Waals surface area contributed by atoms with E-state index in [1.54, 1.807) is 41.1 Å². The Morgan fingerprint density at radius 1 is 1.22 bits per heavy atom. The highest BCUT2D eigenvalue weighted by atomic mass is 32.2. The molecule has 4 aromatic heterocycles. The van der Waals surface area contributed by atoms with Crippen LogP contribution < -0.4 is 0 Å². The van der Waals surface area contributed by atoms with Crippen molar-refractivity contribution < 1.29 is 0 Å². The molecule has 6 nitrogen and oxygen atoms in total. The molecular weight excluding hydrogens is 308 g/mol.